The molecular weight excluding hydrogens is 320 g/mol. The van der Waals surface area contributed by atoms with Gasteiger partial charge in [0.1, 0.15) is 5.82 Å². The van der Waals surface area contributed by atoms with Crippen molar-refractivity contribution in [1.29, 1.82) is 0 Å². The number of benzene rings is 1. The van der Waals surface area contributed by atoms with E-state index >= 15 is 0 Å². The summed E-state index contributed by atoms with van der Waals surface area (Å²) in [5.74, 6) is 0.188. The predicted molar refractivity (Wildman–Crippen MR) is 69.2 cm³/mol. The van der Waals surface area contributed by atoms with Gasteiger partial charge in [-0.3, -0.25) is 0 Å². The Kier molecular flexibility index (Phi) is 3.33. The van der Waals surface area contributed by atoms with Gasteiger partial charge in [-0.25, -0.2) is 14.4 Å². The first-order valence-electron chi connectivity index (χ1n) is 4.66. The smallest absolute Gasteiger partial charge is 0.227 e. The number of anilines is 2. The van der Waals surface area contributed by atoms with Crippen LogP contribution in [0.15, 0.2) is 30.6 Å². The minimum absolute atomic E-state index is 0.279. The Morgan fingerprint density at radius 1 is 1.25 bits per heavy atom. The van der Waals surface area contributed by atoms with Gasteiger partial charge in [0.15, 0.2) is 0 Å². The molecule has 3 nitrogen and oxygen atoms in total. The maximum absolute atomic E-state index is 13.0. The predicted octanol–water partition coefficient (Wildman–Crippen LogP) is 3.27. The highest BCUT2D eigenvalue weighted by Crippen LogP contribution is 2.19. The Hall–Kier alpha value is -1.24. The quantitative estimate of drug-likeness (QED) is 0.860. The van der Waals surface area contributed by atoms with Gasteiger partial charge in [-0.2, -0.15) is 0 Å². The molecule has 1 aromatic carbocycles. The standard InChI is InChI=1S/C11H9FIN3/c1-7-2-3-8(12)4-10(7)16-11-14-5-9(13)6-15-11/h2-6H,1H3,(H,14,15,16). The molecule has 1 aromatic heterocycles. The molecule has 0 aliphatic carbocycles. The number of rotatable bonds is 2. The van der Waals surface area contributed by atoms with Crippen LogP contribution in [-0.2, 0) is 0 Å². The van der Waals surface area contributed by atoms with Gasteiger partial charge in [0.2, 0.25) is 5.95 Å². The van der Waals surface area contributed by atoms with E-state index in [4.69, 9.17) is 0 Å². The van der Waals surface area contributed by atoms with Crippen LogP contribution in [0.2, 0.25) is 0 Å². The summed E-state index contributed by atoms with van der Waals surface area (Å²) < 4.78 is 14.0. The van der Waals surface area contributed by atoms with Crippen LogP contribution in [0, 0.1) is 16.3 Å². The lowest BCUT2D eigenvalue weighted by Gasteiger charge is -2.07. The van der Waals surface area contributed by atoms with E-state index in [1.165, 1.54) is 12.1 Å². The molecule has 0 saturated carbocycles. The third kappa shape index (κ3) is 2.66. The molecule has 0 aliphatic heterocycles. The van der Waals surface area contributed by atoms with Crippen LogP contribution in [-0.4, -0.2) is 9.97 Å². The monoisotopic (exact) mass is 329 g/mol. The lowest BCUT2D eigenvalue weighted by Crippen LogP contribution is -1.98. The average Bonchev–Trinajstić information content (AvgIpc) is 2.27. The second kappa shape index (κ2) is 4.73. The summed E-state index contributed by atoms with van der Waals surface area (Å²) in [7, 11) is 0. The molecule has 0 unspecified atom stereocenters. The van der Waals surface area contributed by atoms with Gasteiger partial charge in [-0.15, -0.1) is 0 Å². The summed E-state index contributed by atoms with van der Waals surface area (Å²) in [5.41, 5.74) is 1.63. The van der Waals surface area contributed by atoms with E-state index in [9.17, 15) is 4.39 Å². The van der Waals surface area contributed by atoms with Crippen LogP contribution >= 0.6 is 22.6 Å². The minimum atomic E-state index is -0.279. The highest BCUT2D eigenvalue weighted by Gasteiger charge is 2.02. The molecule has 0 saturated heterocycles. The Balaban J connectivity index is 2.26. The molecule has 2 aromatic rings. The summed E-state index contributed by atoms with van der Waals surface area (Å²) in [6.07, 6.45) is 3.40. The molecule has 0 spiro atoms. The zero-order valence-corrected chi connectivity index (χ0v) is 10.7. The average molecular weight is 329 g/mol. The third-order valence-corrected chi connectivity index (χ3v) is 2.62. The van der Waals surface area contributed by atoms with Crippen molar-refractivity contribution in [2.75, 3.05) is 5.32 Å². The first kappa shape index (κ1) is 11.3. The van der Waals surface area contributed by atoms with Crippen LogP contribution in [0.3, 0.4) is 0 Å². The maximum atomic E-state index is 13.0. The summed E-state index contributed by atoms with van der Waals surface area (Å²) in [6, 6.07) is 4.57. The second-order valence-corrected chi connectivity index (χ2v) is 4.55. The minimum Gasteiger partial charge on any atom is -0.324 e. The Morgan fingerprint density at radius 2 is 1.94 bits per heavy atom. The van der Waals surface area contributed by atoms with Gasteiger partial charge in [0.25, 0.3) is 0 Å². The van der Waals surface area contributed by atoms with E-state index in [1.54, 1.807) is 18.5 Å². The topological polar surface area (TPSA) is 37.8 Å². The van der Waals surface area contributed by atoms with E-state index < -0.39 is 0 Å². The summed E-state index contributed by atoms with van der Waals surface area (Å²) in [5, 5.41) is 2.97. The van der Waals surface area contributed by atoms with Crippen LogP contribution in [0.5, 0.6) is 0 Å². The highest BCUT2D eigenvalue weighted by molar-refractivity contribution is 14.1. The Morgan fingerprint density at radius 3 is 2.62 bits per heavy atom. The molecular formula is C11H9FIN3. The van der Waals surface area contributed by atoms with Gasteiger partial charge in [0.05, 0.1) is 0 Å². The maximum Gasteiger partial charge on any atom is 0.227 e. The Labute approximate surface area is 106 Å². The number of hydrogen-bond acceptors (Lipinski definition) is 3. The molecule has 0 bridgehead atoms. The van der Waals surface area contributed by atoms with Crippen molar-refractivity contribution < 1.29 is 4.39 Å². The molecule has 0 fully saturated rings. The largest absolute Gasteiger partial charge is 0.324 e. The summed E-state index contributed by atoms with van der Waals surface area (Å²) >= 11 is 2.13. The van der Waals surface area contributed by atoms with Crippen molar-refractivity contribution in [3.8, 4) is 0 Å². The van der Waals surface area contributed by atoms with E-state index in [0.717, 1.165) is 9.13 Å². The third-order valence-electron chi connectivity index (χ3n) is 2.07. The number of nitrogens with zero attached hydrogens (tertiary/aromatic N) is 2. The van der Waals surface area contributed by atoms with Crippen molar-refractivity contribution >= 4 is 34.2 Å². The molecule has 1 N–H and O–H groups in total. The van der Waals surface area contributed by atoms with E-state index in [0.29, 0.717) is 11.6 Å². The molecule has 16 heavy (non-hydrogen) atoms. The summed E-state index contributed by atoms with van der Waals surface area (Å²) in [4.78, 5) is 8.18. The second-order valence-electron chi connectivity index (χ2n) is 3.31. The molecule has 0 amide bonds. The summed E-state index contributed by atoms with van der Waals surface area (Å²) in [6.45, 7) is 1.90. The lowest BCUT2D eigenvalue weighted by atomic mass is 10.2. The van der Waals surface area contributed by atoms with Crippen molar-refractivity contribution in [2.45, 2.75) is 6.92 Å². The van der Waals surface area contributed by atoms with Crippen LogP contribution < -0.4 is 5.32 Å². The van der Waals surface area contributed by atoms with Crippen LogP contribution in [0.4, 0.5) is 16.0 Å². The zero-order valence-electron chi connectivity index (χ0n) is 8.54. The molecule has 82 valence electrons. The molecule has 5 heteroatoms. The number of aromatic nitrogens is 2. The Bertz CT molecular complexity index is 499. The molecule has 0 radical (unpaired) electrons. The first-order chi connectivity index (χ1) is 7.65. The van der Waals surface area contributed by atoms with Gasteiger partial charge < -0.3 is 5.32 Å². The fourth-order valence-corrected chi connectivity index (χ4v) is 1.50. The molecule has 2 rings (SSSR count). The SMILES string of the molecule is Cc1ccc(F)cc1Nc1ncc(I)cn1. The van der Waals surface area contributed by atoms with E-state index in [-0.39, 0.29) is 5.82 Å². The number of nitrogens with one attached hydrogen (secondary N) is 1. The van der Waals surface area contributed by atoms with Gasteiger partial charge in [0, 0.05) is 21.7 Å². The van der Waals surface area contributed by atoms with Crippen molar-refractivity contribution in [3.63, 3.8) is 0 Å². The van der Waals surface area contributed by atoms with Gasteiger partial charge >= 0.3 is 0 Å². The number of aryl methyl sites for hydroxylation is 1. The number of hydrogen-bond donors (Lipinski definition) is 1. The van der Waals surface area contributed by atoms with Crippen molar-refractivity contribution in [3.05, 3.63) is 45.5 Å². The molecule has 0 aliphatic rings. The molecule has 0 atom stereocenters. The van der Waals surface area contributed by atoms with Gasteiger partial charge in [-0.05, 0) is 47.2 Å². The first-order valence-corrected chi connectivity index (χ1v) is 5.74. The van der Waals surface area contributed by atoms with E-state index in [2.05, 4.69) is 37.9 Å². The van der Waals surface area contributed by atoms with E-state index in [1.807, 2.05) is 6.92 Å². The number of halogens is 2. The fourth-order valence-electron chi connectivity index (χ4n) is 1.23. The zero-order chi connectivity index (χ0) is 11.5. The van der Waals surface area contributed by atoms with Crippen LogP contribution in [0.1, 0.15) is 5.56 Å². The highest BCUT2D eigenvalue weighted by atomic mass is 127. The fraction of sp³-hybridized carbons (Fsp3) is 0.0909. The lowest BCUT2D eigenvalue weighted by molar-refractivity contribution is 0.628. The van der Waals surface area contributed by atoms with Crippen LogP contribution in [0.25, 0.3) is 0 Å². The molecule has 1 heterocycles. The van der Waals surface area contributed by atoms with Gasteiger partial charge in [-0.1, -0.05) is 6.07 Å². The normalized spacial score (nSPS) is 10.2. The van der Waals surface area contributed by atoms with Crippen molar-refractivity contribution in [1.82, 2.24) is 9.97 Å². The van der Waals surface area contributed by atoms with Crippen molar-refractivity contribution in [2.24, 2.45) is 0 Å².